The van der Waals surface area contributed by atoms with Gasteiger partial charge in [-0.2, -0.15) is 0 Å². The van der Waals surface area contributed by atoms with E-state index in [0.29, 0.717) is 11.5 Å². The van der Waals surface area contributed by atoms with E-state index in [-0.39, 0.29) is 0 Å². The van der Waals surface area contributed by atoms with Crippen LogP contribution in [0, 0.1) is 23.2 Å². The lowest BCUT2D eigenvalue weighted by molar-refractivity contribution is 0.129. The van der Waals surface area contributed by atoms with Gasteiger partial charge in [0.2, 0.25) is 0 Å². The van der Waals surface area contributed by atoms with Crippen LogP contribution in [0.4, 0.5) is 0 Å². The van der Waals surface area contributed by atoms with E-state index in [9.17, 15) is 0 Å². The standard InChI is InChI=1S/C16H31N/c1-16(2,3)14-9-7-13(8-10-14)15(17)11-12-5-4-6-12/h12-15H,4-11,17H2,1-3H3. The Balaban J connectivity index is 1.74. The molecular formula is C16H31N. The zero-order valence-electron chi connectivity index (χ0n) is 12.0. The molecule has 0 aromatic heterocycles. The first kappa shape index (κ1) is 13.4. The molecule has 0 aromatic carbocycles. The van der Waals surface area contributed by atoms with Gasteiger partial charge in [0.1, 0.15) is 0 Å². The molecule has 2 rings (SSSR count). The maximum Gasteiger partial charge on any atom is 0.00698 e. The van der Waals surface area contributed by atoms with Gasteiger partial charge in [-0.1, -0.05) is 40.0 Å². The molecule has 2 aliphatic carbocycles. The predicted molar refractivity (Wildman–Crippen MR) is 74.8 cm³/mol. The molecule has 0 aromatic rings. The molecule has 2 fully saturated rings. The zero-order valence-corrected chi connectivity index (χ0v) is 12.0. The zero-order chi connectivity index (χ0) is 12.5. The van der Waals surface area contributed by atoms with Crippen LogP contribution in [0.5, 0.6) is 0 Å². The molecule has 1 atom stereocenters. The molecule has 0 bridgehead atoms. The number of rotatable bonds is 3. The predicted octanol–water partition coefficient (Wildman–Crippen LogP) is 4.36. The Morgan fingerprint density at radius 3 is 2.00 bits per heavy atom. The summed E-state index contributed by atoms with van der Waals surface area (Å²) >= 11 is 0. The summed E-state index contributed by atoms with van der Waals surface area (Å²) in [5.41, 5.74) is 6.92. The van der Waals surface area contributed by atoms with Crippen molar-refractivity contribution < 1.29 is 0 Å². The van der Waals surface area contributed by atoms with Crippen LogP contribution in [0.3, 0.4) is 0 Å². The molecule has 0 radical (unpaired) electrons. The second kappa shape index (κ2) is 5.30. The fraction of sp³-hybridized carbons (Fsp3) is 1.00. The SMILES string of the molecule is CC(C)(C)C1CCC(C(N)CC2CCC2)CC1. The Kier molecular flexibility index (Phi) is 4.18. The van der Waals surface area contributed by atoms with E-state index in [1.54, 1.807) is 0 Å². The van der Waals surface area contributed by atoms with Crippen LogP contribution in [-0.2, 0) is 0 Å². The van der Waals surface area contributed by atoms with Crippen LogP contribution in [0.2, 0.25) is 0 Å². The maximum atomic E-state index is 6.41. The molecule has 0 aliphatic heterocycles. The van der Waals surface area contributed by atoms with Gasteiger partial charge in [-0.05, 0) is 55.3 Å². The van der Waals surface area contributed by atoms with Crippen LogP contribution < -0.4 is 5.73 Å². The highest BCUT2D eigenvalue weighted by molar-refractivity contribution is 4.86. The molecule has 0 spiro atoms. The van der Waals surface area contributed by atoms with E-state index in [2.05, 4.69) is 20.8 Å². The van der Waals surface area contributed by atoms with Crippen LogP contribution >= 0.6 is 0 Å². The van der Waals surface area contributed by atoms with E-state index in [1.807, 2.05) is 0 Å². The molecule has 0 heterocycles. The molecule has 0 saturated heterocycles. The maximum absolute atomic E-state index is 6.41. The lowest BCUT2D eigenvalue weighted by Crippen LogP contribution is -2.37. The van der Waals surface area contributed by atoms with Gasteiger partial charge in [-0.25, -0.2) is 0 Å². The Morgan fingerprint density at radius 1 is 1.00 bits per heavy atom. The minimum absolute atomic E-state index is 0.501. The van der Waals surface area contributed by atoms with Crippen LogP contribution in [-0.4, -0.2) is 6.04 Å². The fourth-order valence-electron chi connectivity index (χ4n) is 3.72. The van der Waals surface area contributed by atoms with Crippen molar-refractivity contribution in [3.63, 3.8) is 0 Å². The van der Waals surface area contributed by atoms with E-state index < -0.39 is 0 Å². The largest absolute Gasteiger partial charge is 0.327 e. The topological polar surface area (TPSA) is 26.0 Å². The Morgan fingerprint density at radius 2 is 1.59 bits per heavy atom. The number of hydrogen-bond acceptors (Lipinski definition) is 1. The molecule has 1 unspecified atom stereocenters. The third-order valence-corrected chi connectivity index (χ3v) is 5.43. The summed E-state index contributed by atoms with van der Waals surface area (Å²) in [6, 6.07) is 0.501. The van der Waals surface area contributed by atoms with Gasteiger partial charge in [-0.3, -0.25) is 0 Å². The monoisotopic (exact) mass is 237 g/mol. The third-order valence-electron chi connectivity index (χ3n) is 5.43. The van der Waals surface area contributed by atoms with Crippen molar-refractivity contribution in [1.82, 2.24) is 0 Å². The lowest BCUT2D eigenvalue weighted by Gasteiger charge is -2.40. The summed E-state index contributed by atoms with van der Waals surface area (Å²) in [6.07, 6.45) is 11.2. The molecule has 1 nitrogen and oxygen atoms in total. The summed E-state index contributed by atoms with van der Waals surface area (Å²) in [5.74, 6) is 2.73. The molecule has 0 amide bonds. The van der Waals surface area contributed by atoms with Crippen LogP contribution in [0.25, 0.3) is 0 Å². The Bertz CT molecular complexity index is 228. The molecule has 2 aliphatic rings. The minimum Gasteiger partial charge on any atom is -0.327 e. The molecule has 17 heavy (non-hydrogen) atoms. The van der Waals surface area contributed by atoms with Crippen molar-refractivity contribution in [3.05, 3.63) is 0 Å². The average Bonchev–Trinajstić information content (AvgIpc) is 2.22. The summed E-state index contributed by atoms with van der Waals surface area (Å²) < 4.78 is 0. The van der Waals surface area contributed by atoms with Crippen molar-refractivity contribution in [1.29, 1.82) is 0 Å². The van der Waals surface area contributed by atoms with E-state index in [4.69, 9.17) is 5.73 Å². The average molecular weight is 237 g/mol. The fourth-order valence-corrected chi connectivity index (χ4v) is 3.72. The lowest BCUT2D eigenvalue weighted by atomic mass is 9.67. The Labute approximate surface area is 108 Å². The molecular weight excluding hydrogens is 206 g/mol. The van der Waals surface area contributed by atoms with Gasteiger partial charge >= 0.3 is 0 Å². The number of nitrogens with two attached hydrogens (primary N) is 1. The number of hydrogen-bond donors (Lipinski definition) is 1. The first-order chi connectivity index (χ1) is 7.97. The van der Waals surface area contributed by atoms with E-state index in [1.165, 1.54) is 51.4 Å². The van der Waals surface area contributed by atoms with Crippen LogP contribution in [0.15, 0.2) is 0 Å². The normalized spacial score (nSPS) is 33.2. The second-order valence-corrected chi connectivity index (χ2v) is 7.67. The highest BCUT2D eigenvalue weighted by atomic mass is 14.7. The van der Waals surface area contributed by atoms with Gasteiger partial charge in [-0.15, -0.1) is 0 Å². The van der Waals surface area contributed by atoms with Gasteiger partial charge < -0.3 is 5.73 Å². The highest BCUT2D eigenvalue weighted by Crippen LogP contribution is 2.42. The smallest absolute Gasteiger partial charge is 0.00698 e. The van der Waals surface area contributed by atoms with Gasteiger partial charge in [0.05, 0.1) is 0 Å². The first-order valence-electron chi connectivity index (χ1n) is 7.72. The van der Waals surface area contributed by atoms with Gasteiger partial charge in [0, 0.05) is 6.04 Å². The van der Waals surface area contributed by atoms with Crippen LogP contribution in [0.1, 0.15) is 72.1 Å². The molecule has 100 valence electrons. The van der Waals surface area contributed by atoms with Crippen molar-refractivity contribution in [2.24, 2.45) is 28.9 Å². The van der Waals surface area contributed by atoms with Gasteiger partial charge in [0.15, 0.2) is 0 Å². The van der Waals surface area contributed by atoms with Crippen molar-refractivity contribution in [2.45, 2.75) is 78.2 Å². The molecule has 2 N–H and O–H groups in total. The minimum atomic E-state index is 0.501. The van der Waals surface area contributed by atoms with Gasteiger partial charge in [0.25, 0.3) is 0 Å². The molecule has 1 heteroatoms. The highest BCUT2D eigenvalue weighted by Gasteiger charge is 2.33. The van der Waals surface area contributed by atoms with Crippen molar-refractivity contribution in [3.8, 4) is 0 Å². The van der Waals surface area contributed by atoms with E-state index >= 15 is 0 Å². The second-order valence-electron chi connectivity index (χ2n) is 7.67. The van der Waals surface area contributed by atoms with E-state index in [0.717, 1.165) is 17.8 Å². The van der Waals surface area contributed by atoms with Crippen molar-refractivity contribution in [2.75, 3.05) is 0 Å². The third kappa shape index (κ3) is 3.47. The summed E-state index contributed by atoms with van der Waals surface area (Å²) in [4.78, 5) is 0. The summed E-state index contributed by atoms with van der Waals surface area (Å²) in [7, 11) is 0. The summed E-state index contributed by atoms with van der Waals surface area (Å²) in [6.45, 7) is 7.19. The summed E-state index contributed by atoms with van der Waals surface area (Å²) in [5, 5.41) is 0. The molecule has 2 saturated carbocycles. The first-order valence-corrected chi connectivity index (χ1v) is 7.72. The quantitative estimate of drug-likeness (QED) is 0.775. The Hall–Kier alpha value is -0.0400. The van der Waals surface area contributed by atoms with Crippen molar-refractivity contribution >= 4 is 0 Å².